The predicted molar refractivity (Wildman–Crippen MR) is 196 cm³/mol. The molecule has 8 nitrogen and oxygen atoms in total. The first-order valence-corrected chi connectivity index (χ1v) is 18.6. The Bertz CT molecular complexity index is 1340. The Balaban J connectivity index is 1.77. The molecule has 9 heteroatoms. The second-order valence-electron chi connectivity index (χ2n) is 15.8. The van der Waals surface area contributed by atoms with E-state index in [2.05, 4.69) is 54.7 Å². The van der Waals surface area contributed by atoms with Gasteiger partial charge in [-0.3, -0.25) is 14.4 Å². The van der Waals surface area contributed by atoms with Crippen LogP contribution in [0.3, 0.4) is 0 Å². The Kier molecular flexibility index (Phi) is 11.9. The number of nitrogens with zero attached hydrogens (tertiary/aromatic N) is 3. The van der Waals surface area contributed by atoms with E-state index in [0.717, 1.165) is 43.5 Å². The van der Waals surface area contributed by atoms with E-state index in [0.29, 0.717) is 39.1 Å². The molecule has 0 aromatic heterocycles. The lowest BCUT2D eigenvalue weighted by molar-refractivity contribution is -0.146. The Morgan fingerprint density at radius 1 is 1.02 bits per heavy atom. The van der Waals surface area contributed by atoms with Crippen molar-refractivity contribution in [3.05, 3.63) is 49.6 Å². The van der Waals surface area contributed by atoms with E-state index < -0.39 is 32.9 Å². The fourth-order valence-electron chi connectivity index (χ4n) is 8.88. The first-order chi connectivity index (χ1) is 22.6. The maximum atomic E-state index is 15.1. The molecule has 1 aromatic rings. The first-order valence-electron chi connectivity index (χ1n) is 17.8. The number of fused-ring (bicyclic) bond motifs is 1. The summed E-state index contributed by atoms with van der Waals surface area (Å²) in [5.41, 5.74) is 0.222. The second kappa shape index (κ2) is 15.0. The average molecular weight is 682 g/mol. The monoisotopic (exact) mass is 681 g/mol. The van der Waals surface area contributed by atoms with Crippen molar-refractivity contribution in [2.24, 2.45) is 17.3 Å². The van der Waals surface area contributed by atoms with Gasteiger partial charge in [0.05, 0.1) is 23.2 Å². The number of benzene rings is 1. The van der Waals surface area contributed by atoms with Crippen molar-refractivity contribution >= 4 is 35.2 Å². The molecule has 0 aliphatic carbocycles. The van der Waals surface area contributed by atoms with Gasteiger partial charge in [0.25, 0.3) is 0 Å². The molecule has 3 heterocycles. The van der Waals surface area contributed by atoms with Crippen LogP contribution in [0.4, 0.5) is 5.69 Å². The van der Waals surface area contributed by atoms with E-state index in [4.69, 9.17) is 4.74 Å². The van der Waals surface area contributed by atoms with Gasteiger partial charge in [-0.2, -0.15) is 0 Å². The third kappa shape index (κ3) is 7.37. The summed E-state index contributed by atoms with van der Waals surface area (Å²) in [6, 6.07) is 6.83. The zero-order valence-electron chi connectivity index (χ0n) is 30.4. The minimum atomic E-state index is -0.704. The Labute approximate surface area is 293 Å². The molecule has 0 saturated carbocycles. The van der Waals surface area contributed by atoms with Crippen molar-refractivity contribution in [2.75, 3.05) is 37.7 Å². The van der Waals surface area contributed by atoms with Crippen LogP contribution in [0.25, 0.3) is 0 Å². The zero-order valence-corrected chi connectivity index (χ0v) is 31.2. The van der Waals surface area contributed by atoms with Crippen LogP contribution in [-0.4, -0.2) is 86.6 Å². The molecule has 3 amide bonds. The SMILES string of the molecule is C=CCN(C(=O)[C@H]1[C@H]2C(=O)N(CCCCCCO)C(C(=O)N(CC=C)C(C)(C)CC(C)(C)C)C23CC[C@]1(C)S3)c1ccc(OCC)cc1. The number of carbonyl (C=O) groups is 3. The van der Waals surface area contributed by atoms with E-state index in [1.165, 1.54) is 0 Å². The summed E-state index contributed by atoms with van der Waals surface area (Å²) >= 11 is 1.72. The highest BCUT2D eigenvalue weighted by Gasteiger charge is 2.77. The number of hydrogen-bond donors (Lipinski definition) is 1. The number of ether oxygens (including phenoxy) is 1. The molecule has 2 unspecified atom stereocenters. The van der Waals surface area contributed by atoms with Crippen LogP contribution < -0.4 is 9.64 Å². The van der Waals surface area contributed by atoms with Gasteiger partial charge in [0.1, 0.15) is 11.8 Å². The fourth-order valence-corrected chi connectivity index (χ4v) is 11.2. The molecule has 3 saturated heterocycles. The number of unbranched alkanes of at least 4 members (excludes halogenated alkanes) is 3. The zero-order chi connectivity index (χ0) is 35.5. The number of thioether (sulfide) groups is 1. The van der Waals surface area contributed by atoms with Crippen LogP contribution in [0.5, 0.6) is 5.75 Å². The third-order valence-corrected chi connectivity index (χ3v) is 12.4. The molecule has 3 fully saturated rings. The Morgan fingerprint density at radius 3 is 2.25 bits per heavy atom. The lowest BCUT2D eigenvalue weighted by Crippen LogP contribution is -2.60. The molecule has 1 aromatic carbocycles. The van der Waals surface area contributed by atoms with Crippen LogP contribution in [0.15, 0.2) is 49.6 Å². The number of aliphatic hydroxyl groups excluding tert-OH is 1. The molecule has 1 N–H and O–H groups in total. The van der Waals surface area contributed by atoms with Crippen molar-refractivity contribution in [1.29, 1.82) is 0 Å². The number of likely N-dealkylation sites (tertiary alicyclic amines) is 1. The second-order valence-corrected chi connectivity index (χ2v) is 17.7. The summed E-state index contributed by atoms with van der Waals surface area (Å²) in [7, 11) is 0. The Hall–Kier alpha value is -2.78. The summed E-state index contributed by atoms with van der Waals surface area (Å²) in [5, 5.41) is 9.32. The molecular formula is C39H59N3O5S. The summed E-state index contributed by atoms with van der Waals surface area (Å²) in [6.45, 7) is 24.6. The van der Waals surface area contributed by atoms with Crippen LogP contribution in [0.2, 0.25) is 0 Å². The lowest BCUT2D eigenvalue weighted by Gasteiger charge is -2.46. The number of anilines is 1. The van der Waals surface area contributed by atoms with Crippen molar-refractivity contribution < 1.29 is 24.2 Å². The van der Waals surface area contributed by atoms with E-state index in [9.17, 15) is 14.7 Å². The highest BCUT2D eigenvalue weighted by Crippen LogP contribution is 2.72. The summed E-state index contributed by atoms with van der Waals surface area (Å²) in [5.74, 6) is -0.682. The maximum absolute atomic E-state index is 15.1. The smallest absolute Gasteiger partial charge is 0.247 e. The normalized spacial score (nSPS) is 26.4. The van der Waals surface area contributed by atoms with Gasteiger partial charge in [-0.1, -0.05) is 45.8 Å². The van der Waals surface area contributed by atoms with E-state index in [-0.39, 0.29) is 29.7 Å². The molecule has 48 heavy (non-hydrogen) atoms. The Morgan fingerprint density at radius 2 is 1.67 bits per heavy atom. The fraction of sp³-hybridized carbons (Fsp3) is 0.667. The maximum Gasteiger partial charge on any atom is 0.247 e. The lowest BCUT2D eigenvalue weighted by atomic mass is 9.66. The topological polar surface area (TPSA) is 90.4 Å². The first kappa shape index (κ1) is 38.0. The van der Waals surface area contributed by atoms with Gasteiger partial charge in [0.2, 0.25) is 17.7 Å². The van der Waals surface area contributed by atoms with E-state index >= 15 is 4.79 Å². The molecular weight excluding hydrogens is 623 g/mol. The van der Waals surface area contributed by atoms with Gasteiger partial charge < -0.3 is 24.5 Å². The van der Waals surface area contributed by atoms with Crippen LogP contribution >= 0.6 is 11.8 Å². The summed E-state index contributed by atoms with van der Waals surface area (Å²) in [6.07, 6.45) is 8.91. The van der Waals surface area contributed by atoms with Gasteiger partial charge in [0.15, 0.2) is 0 Å². The van der Waals surface area contributed by atoms with Crippen molar-refractivity contribution in [1.82, 2.24) is 9.80 Å². The largest absolute Gasteiger partial charge is 0.494 e. The average Bonchev–Trinajstić information content (AvgIpc) is 3.58. The predicted octanol–water partition coefficient (Wildman–Crippen LogP) is 6.87. The van der Waals surface area contributed by atoms with Crippen molar-refractivity contribution in [3.63, 3.8) is 0 Å². The summed E-state index contributed by atoms with van der Waals surface area (Å²) in [4.78, 5) is 50.3. The molecule has 266 valence electrons. The minimum absolute atomic E-state index is 0.0249. The number of carbonyl (C=O) groups excluding carboxylic acids is 3. The van der Waals surface area contributed by atoms with Crippen LogP contribution in [-0.2, 0) is 14.4 Å². The van der Waals surface area contributed by atoms with Gasteiger partial charge in [-0.05, 0) is 89.5 Å². The quantitative estimate of drug-likeness (QED) is 0.143. The molecule has 2 bridgehead atoms. The minimum Gasteiger partial charge on any atom is -0.494 e. The third-order valence-electron chi connectivity index (χ3n) is 10.4. The number of rotatable bonds is 17. The van der Waals surface area contributed by atoms with Crippen LogP contribution in [0, 0.1) is 17.3 Å². The molecule has 3 aliphatic rings. The van der Waals surface area contributed by atoms with E-state index in [1.54, 1.807) is 28.8 Å². The highest BCUT2D eigenvalue weighted by atomic mass is 32.2. The molecule has 4 rings (SSSR count). The van der Waals surface area contributed by atoms with Crippen LogP contribution in [0.1, 0.15) is 93.4 Å². The molecule has 0 radical (unpaired) electrons. The summed E-state index contributed by atoms with van der Waals surface area (Å²) < 4.78 is 4.45. The standard InChI is InChI=1S/C39H59N3O5S/c1-10-23-40(28-17-19-29(20-18-28)47-12-3)33(44)30-31-34(45)41(25-15-13-14-16-26-43)32(39(31)22-21-38(30,9)48-39)35(46)42(24-11-2)37(7,8)27-36(4,5)6/h10-11,17-20,30-32,43H,1-2,12-16,21-27H2,3-9H3/t30-,31+,32?,38+,39?/m1/s1. The van der Waals surface area contributed by atoms with Gasteiger partial charge in [0, 0.05) is 42.2 Å². The van der Waals surface area contributed by atoms with Crippen molar-refractivity contribution in [3.8, 4) is 5.75 Å². The number of aliphatic hydroxyl groups is 1. The van der Waals surface area contributed by atoms with Crippen molar-refractivity contribution in [2.45, 2.75) is 114 Å². The van der Waals surface area contributed by atoms with Gasteiger partial charge >= 0.3 is 0 Å². The van der Waals surface area contributed by atoms with Gasteiger partial charge in [-0.25, -0.2) is 0 Å². The molecule has 3 aliphatic heterocycles. The number of amides is 3. The molecule has 1 spiro atoms. The molecule has 5 atom stereocenters. The van der Waals surface area contributed by atoms with Gasteiger partial charge in [-0.15, -0.1) is 24.9 Å². The number of hydrogen-bond acceptors (Lipinski definition) is 6. The van der Waals surface area contributed by atoms with E-state index in [1.807, 2.05) is 41.0 Å². The highest BCUT2D eigenvalue weighted by molar-refractivity contribution is 8.02.